The van der Waals surface area contributed by atoms with Gasteiger partial charge in [0.1, 0.15) is 10.8 Å². The van der Waals surface area contributed by atoms with E-state index in [9.17, 15) is 19.1 Å². The summed E-state index contributed by atoms with van der Waals surface area (Å²) in [6.45, 7) is 2.84. The molecule has 2 aromatic rings. The molecule has 1 heterocycles. The molecule has 2 amide bonds. The summed E-state index contributed by atoms with van der Waals surface area (Å²) in [5.41, 5.74) is 5.09. The van der Waals surface area contributed by atoms with Gasteiger partial charge in [-0.05, 0) is 51.2 Å². The first-order chi connectivity index (χ1) is 15.0. The van der Waals surface area contributed by atoms with Gasteiger partial charge in [-0.3, -0.25) is 9.59 Å². The fourth-order valence-corrected chi connectivity index (χ4v) is 3.57. The number of hydrogen-bond acceptors (Lipinski definition) is 4. The molecule has 32 heavy (non-hydrogen) atoms. The molecule has 9 heteroatoms. The fraction of sp³-hybridized carbons (Fsp3) is 0.435. The van der Waals surface area contributed by atoms with Crippen molar-refractivity contribution in [3.05, 3.63) is 63.9 Å². The highest BCUT2D eigenvalue weighted by Crippen LogP contribution is 2.24. The maximum atomic E-state index is 13.9. The van der Waals surface area contributed by atoms with Crippen LogP contribution >= 0.6 is 23.2 Å². The van der Waals surface area contributed by atoms with Crippen LogP contribution in [-0.2, 0) is 11.2 Å². The van der Waals surface area contributed by atoms with Crippen molar-refractivity contribution in [3.63, 3.8) is 0 Å². The second kappa shape index (κ2) is 11.6. The molecule has 3 atom stereocenters. The molecule has 0 bridgehead atoms. The molecule has 1 aromatic carbocycles. The van der Waals surface area contributed by atoms with E-state index in [2.05, 4.69) is 10.3 Å². The largest absolute Gasteiger partial charge is 0.391 e. The van der Waals surface area contributed by atoms with E-state index in [1.807, 2.05) is 30.3 Å². The van der Waals surface area contributed by atoms with Crippen LogP contribution in [0, 0.1) is 5.92 Å². The van der Waals surface area contributed by atoms with E-state index in [0.717, 1.165) is 5.56 Å². The van der Waals surface area contributed by atoms with Gasteiger partial charge in [0.15, 0.2) is 0 Å². The van der Waals surface area contributed by atoms with Crippen LogP contribution in [0.2, 0.25) is 10.2 Å². The summed E-state index contributed by atoms with van der Waals surface area (Å²) in [7, 11) is 0. The SMILES string of the molecule is CC(C)(F)CCC(CC(O)C(Cc1ccccc1)NC(=O)c1cnc(Cl)c(Cl)c1)C(N)=O. The third-order valence-corrected chi connectivity index (χ3v) is 5.84. The molecule has 0 saturated carbocycles. The predicted octanol–water partition coefficient (Wildman–Crippen LogP) is 4.11. The average Bonchev–Trinajstić information content (AvgIpc) is 2.72. The Hall–Kier alpha value is -2.22. The molecule has 0 aliphatic carbocycles. The number of carbonyl (C=O) groups excluding carboxylic acids is 2. The Balaban J connectivity index is 2.19. The number of carbonyl (C=O) groups is 2. The molecule has 0 fully saturated rings. The number of nitrogens with one attached hydrogen (secondary N) is 1. The van der Waals surface area contributed by atoms with Crippen molar-refractivity contribution < 1.29 is 19.1 Å². The third-order valence-electron chi connectivity index (χ3n) is 5.15. The van der Waals surface area contributed by atoms with E-state index >= 15 is 0 Å². The van der Waals surface area contributed by atoms with Gasteiger partial charge in [0.2, 0.25) is 5.91 Å². The first-order valence-corrected chi connectivity index (χ1v) is 11.0. The third kappa shape index (κ3) is 8.37. The molecule has 0 aliphatic heterocycles. The highest BCUT2D eigenvalue weighted by molar-refractivity contribution is 6.41. The number of benzene rings is 1. The number of pyridine rings is 1. The van der Waals surface area contributed by atoms with Gasteiger partial charge in [0.05, 0.1) is 22.7 Å². The van der Waals surface area contributed by atoms with Crippen LogP contribution in [0.5, 0.6) is 0 Å². The lowest BCUT2D eigenvalue weighted by atomic mass is 9.88. The number of nitrogens with zero attached hydrogens (tertiary/aromatic N) is 1. The first-order valence-electron chi connectivity index (χ1n) is 10.3. The summed E-state index contributed by atoms with van der Waals surface area (Å²) in [5.74, 6) is -1.86. The number of hydrogen-bond donors (Lipinski definition) is 3. The number of rotatable bonds is 11. The summed E-state index contributed by atoms with van der Waals surface area (Å²) >= 11 is 11.8. The van der Waals surface area contributed by atoms with Crippen molar-refractivity contribution in [2.75, 3.05) is 0 Å². The van der Waals surface area contributed by atoms with Gasteiger partial charge in [-0.15, -0.1) is 0 Å². The molecule has 0 saturated heterocycles. The lowest BCUT2D eigenvalue weighted by Crippen LogP contribution is -2.46. The number of amides is 2. The zero-order chi connectivity index (χ0) is 23.9. The van der Waals surface area contributed by atoms with E-state index in [1.54, 1.807) is 0 Å². The van der Waals surface area contributed by atoms with Crippen molar-refractivity contribution in [2.45, 2.75) is 57.3 Å². The van der Waals surface area contributed by atoms with E-state index in [4.69, 9.17) is 28.9 Å². The van der Waals surface area contributed by atoms with Crippen molar-refractivity contribution >= 4 is 35.0 Å². The molecule has 1 aromatic heterocycles. The van der Waals surface area contributed by atoms with Crippen LogP contribution in [0.25, 0.3) is 0 Å². The summed E-state index contributed by atoms with van der Waals surface area (Å²) in [6.07, 6.45) is 0.794. The minimum absolute atomic E-state index is 0.0111. The molecule has 4 N–H and O–H groups in total. The van der Waals surface area contributed by atoms with E-state index in [-0.39, 0.29) is 35.0 Å². The van der Waals surface area contributed by atoms with Crippen molar-refractivity contribution in [1.29, 1.82) is 0 Å². The van der Waals surface area contributed by atoms with Gasteiger partial charge in [-0.25, -0.2) is 9.37 Å². The van der Waals surface area contributed by atoms with E-state index in [0.29, 0.717) is 6.42 Å². The normalized spacial score (nSPS) is 14.4. The molecule has 0 radical (unpaired) electrons. The lowest BCUT2D eigenvalue weighted by molar-refractivity contribution is -0.123. The van der Waals surface area contributed by atoms with E-state index in [1.165, 1.54) is 26.1 Å². The minimum atomic E-state index is -1.46. The molecule has 0 spiro atoms. The molecule has 3 unspecified atom stereocenters. The summed E-state index contributed by atoms with van der Waals surface area (Å²) < 4.78 is 13.9. The monoisotopic (exact) mass is 483 g/mol. The second-order valence-corrected chi connectivity index (χ2v) is 9.19. The van der Waals surface area contributed by atoms with Gasteiger partial charge in [0, 0.05) is 12.1 Å². The molecule has 2 rings (SSSR count). The average molecular weight is 484 g/mol. The van der Waals surface area contributed by atoms with Crippen molar-refractivity contribution in [2.24, 2.45) is 11.7 Å². The molecule has 6 nitrogen and oxygen atoms in total. The Bertz CT molecular complexity index is 922. The van der Waals surface area contributed by atoms with Gasteiger partial charge in [-0.2, -0.15) is 0 Å². The van der Waals surface area contributed by atoms with Gasteiger partial charge in [-0.1, -0.05) is 53.5 Å². The number of aromatic nitrogens is 1. The summed E-state index contributed by atoms with van der Waals surface area (Å²) in [4.78, 5) is 28.6. The number of aliphatic hydroxyl groups excluding tert-OH is 1. The fourth-order valence-electron chi connectivity index (χ4n) is 3.30. The minimum Gasteiger partial charge on any atom is -0.391 e. The maximum Gasteiger partial charge on any atom is 0.253 e. The maximum absolute atomic E-state index is 13.9. The number of alkyl halides is 1. The summed E-state index contributed by atoms with van der Waals surface area (Å²) in [5, 5.41) is 13.9. The number of aliphatic hydroxyl groups is 1. The van der Waals surface area contributed by atoms with Gasteiger partial charge >= 0.3 is 0 Å². The van der Waals surface area contributed by atoms with Crippen molar-refractivity contribution in [1.82, 2.24) is 10.3 Å². The van der Waals surface area contributed by atoms with E-state index < -0.39 is 35.5 Å². The Morgan fingerprint density at radius 2 is 1.91 bits per heavy atom. The highest BCUT2D eigenvalue weighted by Gasteiger charge is 2.29. The van der Waals surface area contributed by atoms with Gasteiger partial charge < -0.3 is 16.2 Å². The van der Waals surface area contributed by atoms with Gasteiger partial charge in [0.25, 0.3) is 5.91 Å². The standard InChI is InChI=1S/C23H28Cl2FN3O3/c1-23(2,26)9-8-15(21(27)31)12-19(30)18(10-14-6-4-3-5-7-14)29-22(32)16-11-17(24)20(25)28-13-16/h3-7,11,13,15,18-19,30H,8-10,12H2,1-2H3,(H2,27,31)(H,29,32). The van der Waals surface area contributed by atoms with Crippen LogP contribution in [0.15, 0.2) is 42.6 Å². The quantitative estimate of drug-likeness (QED) is 0.418. The number of halogens is 3. The van der Waals surface area contributed by atoms with Crippen LogP contribution in [0.1, 0.15) is 49.0 Å². The highest BCUT2D eigenvalue weighted by atomic mass is 35.5. The van der Waals surface area contributed by atoms with Crippen molar-refractivity contribution in [3.8, 4) is 0 Å². The molecular formula is C23H28Cl2FN3O3. The Labute approximate surface area is 197 Å². The zero-order valence-corrected chi connectivity index (χ0v) is 19.5. The molecule has 174 valence electrons. The van der Waals surface area contributed by atoms with Crippen LogP contribution in [0.4, 0.5) is 4.39 Å². The Morgan fingerprint density at radius 3 is 2.47 bits per heavy atom. The topological polar surface area (TPSA) is 105 Å². The predicted molar refractivity (Wildman–Crippen MR) is 123 cm³/mol. The van der Waals surface area contributed by atoms with Crippen LogP contribution in [-0.4, -0.2) is 39.7 Å². The first kappa shape index (κ1) is 26.0. The number of primary amides is 1. The number of nitrogens with two attached hydrogens (primary N) is 1. The lowest BCUT2D eigenvalue weighted by Gasteiger charge is -2.27. The summed E-state index contributed by atoms with van der Waals surface area (Å²) in [6, 6.07) is 9.93. The Morgan fingerprint density at radius 1 is 1.25 bits per heavy atom. The molecule has 0 aliphatic rings. The van der Waals surface area contributed by atoms with Crippen LogP contribution < -0.4 is 11.1 Å². The zero-order valence-electron chi connectivity index (χ0n) is 18.0. The molecular weight excluding hydrogens is 456 g/mol. The van der Waals surface area contributed by atoms with Crippen LogP contribution in [0.3, 0.4) is 0 Å². The Kier molecular flexibility index (Phi) is 9.43. The second-order valence-electron chi connectivity index (χ2n) is 8.43. The smallest absolute Gasteiger partial charge is 0.253 e.